The van der Waals surface area contributed by atoms with E-state index in [1.165, 1.54) is 57.8 Å². The van der Waals surface area contributed by atoms with Crippen LogP contribution in [0.3, 0.4) is 0 Å². The number of aliphatic hydroxyl groups excluding tert-OH is 1. The molecule has 0 aromatic carbocycles. The van der Waals surface area contributed by atoms with Gasteiger partial charge in [0, 0.05) is 12.1 Å². The SMILES string of the molecule is OC1CCCCC1NC1CCCCCC1. The summed E-state index contributed by atoms with van der Waals surface area (Å²) in [5.41, 5.74) is 0. The Labute approximate surface area is 93.5 Å². The van der Waals surface area contributed by atoms with Gasteiger partial charge in [-0.3, -0.25) is 0 Å². The van der Waals surface area contributed by atoms with Gasteiger partial charge in [-0.05, 0) is 25.7 Å². The molecule has 2 N–H and O–H groups in total. The molecule has 2 saturated carbocycles. The first-order valence-electron chi connectivity index (χ1n) is 6.80. The van der Waals surface area contributed by atoms with Crippen molar-refractivity contribution < 1.29 is 5.11 Å². The van der Waals surface area contributed by atoms with E-state index in [0.717, 1.165) is 6.42 Å². The molecule has 0 aromatic heterocycles. The van der Waals surface area contributed by atoms with Gasteiger partial charge < -0.3 is 10.4 Å². The van der Waals surface area contributed by atoms with Crippen LogP contribution in [0.25, 0.3) is 0 Å². The Morgan fingerprint density at radius 2 is 1.33 bits per heavy atom. The minimum atomic E-state index is -0.0815. The second-order valence-electron chi connectivity index (χ2n) is 5.31. The lowest BCUT2D eigenvalue weighted by atomic mass is 9.91. The summed E-state index contributed by atoms with van der Waals surface area (Å²) in [6.45, 7) is 0. The Kier molecular flexibility index (Phi) is 4.45. The largest absolute Gasteiger partial charge is 0.392 e. The molecule has 2 aliphatic carbocycles. The lowest BCUT2D eigenvalue weighted by molar-refractivity contribution is 0.0836. The van der Waals surface area contributed by atoms with Crippen LogP contribution in [-0.4, -0.2) is 23.3 Å². The summed E-state index contributed by atoms with van der Waals surface area (Å²) in [6, 6.07) is 1.08. The number of aliphatic hydroxyl groups is 1. The summed E-state index contributed by atoms with van der Waals surface area (Å²) < 4.78 is 0. The van der Waals surface area contributed by atoms with Crippen molar-refractivity contribution in [2.45, 2.75) is 82.4 Å². The zero-order valence-electron chi connectivity index (χ0n) is 9.75. The predicted molar refractivity (Wildman–Crippen MR) is 62.9 cm³/mol. The number of rotatable bonds is 2. The summed E-state index contributed by atoms with van der Waals surface area (Å²) in [5, 5.41) is 13.6. The molecule has 0 aliphatic heterocycles. The van der Waals surface area contributed by atoms with Crippen molar-refractivity contribution in [2.75, 3.05) is 0 Å². The molecule has 0 aromatic rings. The molecule has 2 heteroatoms. The van der Waals surface area contributed by atoms with Gasteiger partial charge in [0.1, 0.15) is 0 Å². The quantitative estimate of drug-likeness (QED) is 0.688. The predicted octanol–water partition coefficient (Wildman–Crippen LogP) is 2.60. The van der Waals surface area contributed by atoms with Gasteiger partial charge in [0.2, 0.25) is 0 Å². The highest BCUT2D eigenvalue weighted by molar-refractivity contribution is 4.84. The first-order valence-corrected chi connectivity index (χ1v) is 6.80. The number of hydrogen-bond donors (Lipinski definition) is 2. The molecule has 0 amide bonds. The Balaban J connectivity index is 1.78. The van der Waals surface area contributed by atoms with E-state index in [9.17, 15) is 5.11 Å². The lowest BCUT2D eigenvalue weighted by Crippen LogP contribution is -2.46. The highest BCUT2D eigenvalue weighted by atomic mass is 16.3. The molecule has 2 atom stereocenters. The van der Waals surface area contributed by atoms with E-state index in [0.29, 0.717) is 12.1 Å². The average Bonchev–Trinajstić information content (AvgIpc) is 2.50. The zero-order valence-corrected chi connectivity index (χ0v) is 9.75. The second kappa shape index (κ2) is 5.86. The van der Waals surface area contributed by atoms with Crippen LogP contribution >= 0.6 is 0 Å². The van der Waals surface area contributed by atoms with Gasteiger partial charge in [0.25, 0.3) is 0 Å². The van der Waals surface area contributed by atoms with Crippen LogP contribution in [0.2, 0.25) is 0 Å². The van der Waals surface area contributed by atoms with Crippen LogP contribution < -0.4 is 5.32 Å². The molecule has 2 unspecified atom stereocenters. The molecule has 0 heterocycles. The molecule has 0 radical (unpaired) electrons. The third-order valence-electron chi connectivity index (χ3n) is 4.03. The van der Waals surface area contributed by atoms with E-state index >= 15 is 0 Å². The zero-order chi connectivity index (χ0) is 10.5. The van der Waals surface area contributed by atoms with Crippen molar-refractivity contribution in [3.8, 4) is 0 Å². The molecular weight excluding hydrogens is 186 g/mol. The topological polar surface area (TPSA) is 32.3 Å². The lowest BCUT2D eigenvalue weighted by Gasteiger charge is -2.32. The van der Waals surface area contributed by atoms with Crippen LogP contribution in [0.1, 0.15) is 64.2 Å². The second-order valence-corrected chi connectivity index (χ2v) is 5.31. The molecule has 2 nitrogen and oxygen atoms in total. The average molecular weight is 211 g/mol. The van der Waals surface area contributed by atoms with E-state index < -0.39 is 0 Å². The minimum Gasteiger partial charge on any atom is -0.392 e. The first-order chi connectivity index (χ1) is 7.36. The summed E-state index contributed by atoms with van der Waals surface area (Å²) in [5.74, 6) is 0. The maximum atomic E-state index is 9.91. The number of nitrogens with one attached hydrogen (secondary N) is 1. The summed E-state index contributed by atoms with van der Waals surface area (Å²) in [6.07, 6.45) is 12.8. The van der Waals surface area contributed by atoms with Crippen molar-refractivity contribution in [3.05, 3.63) is 0 Å². The van der Waals surface area contributed by atoms with Crippen molar-refractivity contribution in [2.24, 2.45) is 0 Å². The van der Waals surface area contributed by atoms with Gasteiger partial charge in [-0.1, -0.05) is 38.5 Å². The van der Waals surface area contributed by atoms with Crippen molar-refractivity contribution in [1.82, 2.24) is 5.32 Å². The Bertz CT molecular complexity index is 175. The maximum Gasteiger partial charge on any atom is 0.0693 e. The highest BCUT2D eigenvalue weighted by Gasteiger charge is 2.25. The summed E-state index contributed by atoms with van der Waals surface area (Å²) in [7, 11) is 0. The van der Waals surface area contributed by atoms with Gasteiger partial charge in [0.05, 0.1) is 6.10 Å². The van der Waals surface area contributed by atoms with Gasteiger partial charge in [-0.25, -0.2) is 0 Å². The fourth-order valence-electron chi connectivity index (χ4n) is 3.05. The van der Waals surface area contributed by atoms with Crippen LogP contribution in [0.4, 0.5) is 0 Å². The molecule has 0 saturated heterocycles. The van der Waals surface area contributed by atoms with Gasteiger partial charge in [-0.2, -0.15) is 0 Å². The molecular formula is C13H25NO. The van der Waals surface area contributed by atoms with E-state index in [1.807, 2.05) is 0 Å². The molecule has 2 fully saturated rings. The molecule has 2 rings (SSSR count). The Morgan fingerprint density at radius 1 is 0.733 bits per heavy atom. The minimum absolute atomic E-state index is 0.0815. The van der Waals surface area contributed by atoms with Crippen LogP contribution in [-0.2, 0) is 0 Å². The van der Waals surface area contributed by atoms with E-state index in [1.54, 1.807) is 0 Å². The van der Waals surface area contributed by atoms with Gasteiger partial charge in [0.15, 0.2) is 0 Å². The fraction of sp³-hybridized carbons (Fsp3) is 1.00. The van der Waals surface area contributed by atoms with E-state index in [-0.39, 0.29) is 6.10 Å². The Hall–Kier alpha value is -0.0800. The molecule has 0 bridgehead atoms. The fourth-order valence-corrected chi connectivity index (χ4v) is 3.05. The van der Waals surface area contributed by atoms with E-state index in [2.05, 4.69) is 5.32 Å². The third-order valence-corrected chi connectivity index (χ3v) is 4.03. The highest BCUT2D eigenvalue weighted by Crippen LogP contribution is 2.22. The maximum absolute atomic E-state index is 9.91. The van der Waals surface area contributed by atoms with Crippen LogP contribution in [0.15, 0.2) is 0 Å². The van der Waals surface area contributed by atoms with Crippen molar-refractivity contribution >= 4 is 0 Å². The number of hydrogen-bond acceptors (Lipinski definition) is 2. The third kappa shape index (κ3) is 3.46. The van der Waals surface area contributed by atoms with Crippen LogP contribution in [0.5, 0.6) is 0 Å². The molecule has 15 heavy (non-hydrogen) atoms. The smallest absolute Gasteiger partial charge is 0.0693 e. The molecule has 0 spiro atoms. The molecule has 88 valence electrons. The first kappa shape index (κ1) is 11.4. The summed E-state index contributed by atoms with van der Waals surface area (Å²) in [4.78, 5) is 0. The Morgan fingerprint density at radius 3 is 2.00 bits per heavy atom. The van der Waals surface area contributed by atoms with Gasteiger partial charge in [-0.15, -0.1) is 0 Å². The van der Waals surface area contributed by atoms with Crippen molar-refractivity contribution in [3.63, 3.8) is 0 Å². The summed E-state index contributed by atoms with van der Waals surface area (Å²) >= 11 is 0. The standard InChI is InChI=1S/C13H25NO/c15-13-10-6-5-9-12(13)14-11-7-3-1-2-4-8-11/h11-15H,1-10H2. The van der Waals surface area contributed by atoms with Crippen LogP contribution in [0, 0.1) is 0 Å². The monoisotopic (exact) mass is 211 g/mol. The van der Waals surface area contributed by atoms with E-state index in [4.69, 9.17) is 0 Å². The normalized spacial score (nSPS) is 35.0. The van der Waals surface area contributed by atoms with Gasteiger partial charge >= 0.3 is 0 Å². The van der Waals surface area contributed by atoms with Crippen molar-refractivity contribution in [1.29, 1.82) is 0 Å². The molecule has 2 aliphatic rings.